The van der Waals surface area contributed by atoms with Gasteiger partial charge in [0.15, 0.2) is 0 Å². The molecule has 0 spiro atoms. The molecule has 0 amide bonds. The van der Waals surface area contributed by atoms with E-state index in [0.717, 1.165) is 18.4 Å². The molecule has 0 radical (unpaired) electrons. The molecule has 0 fully saturated rings. The van der Waals surface area contributed by atoms with E-state index in [0.29, 0.717) is 0 Å². The van der Waals surface area contributed by atoms with Gasteiger partial charge >= 0.3 is 0 Å². The van der Waals surface area contributed by atoms with Crippen LogP contribution in [0.4, 0.5) is 0 Å². The zero-order chi connectivity index (χ0) is 8.69. The second kappa shape index (κ2) is 7.35. The summed E-state index contributed by atoms with van der Waals surface area (Å²) in [5.41, 5.74) is 5.66. The lowest BCUT2D eigenvalue weighted by Crippen LogP contribution is -2.16. The number of rotatable bonds is 6. The minimum absolute atomic E-state index is 0.768. The number of hydrogen-bond donors (Lipinski definition) is 1. The van der Waals surface area contributed by atoms with E-state index in [4.69, 9.17) is 5.73 Å². The molecular weight excluding hydrogens is 249 g/mol. The highest BCUT2D eigenvalue weighted by molar-refractivity contribution is 14.1. The van der Waals surface area contributed by atoms with Crippen LogP contribution in [0.3, 0.4) is 0 Å². The predicted octanol–water partition coefficient (Wildman–Crippen LogP) is 2.82. The van der Waals surface area contributed by atoms with Gasteiger partial charge in [-0.2, -0.15) is 0 Å². The number of hydrogen-bond acceptors (Lipinski definition) is 1. The molecule has 0 unspecified atom stereocenters. The molecule has 1 atom stereocenters. The molecule has 0 aromatic rings. The van der Waals surface area contributed by atoms with Crippen LogP contribution in [0.1, 0.15) is 33.1 Å². The summed E-state index contributed by atoms with van der Waals surface area (Å²) in [6.07, 6.45) is 3.94. The van der Waals surface area contributed by atoms with Crippen LogP contribution >= 0.6 is 22.6 Å². The molecule has 1 nitrogen and oxygen atoms in total. The van der Waals surface area contributed by atoms with Crippen molar-refractivity contribution in [2.75, 3.05) is 11.0 Å². The van der Waals surface area contributed by atoms with Gasteiger partial charge in [0.2, 0.25) is 0 Å². The number of alkyl halides is 1. The molecule has 0 aromatic carbocycles. The average Bonchev–Trinajstić information content (AvgIpc) is 1.97. The maximum Gasteiger partial charge on any atom is -0.000462 e. The third-order valence-corrected chi connectivity index (χ3v) is 2.65. The second-order valence-electron chi connectivity index (χ2n) is 3.56. The fraction of sp³-hybridized carbons (Fsp3) is 1.00. The van der Waals surface area contributed by atoms with Crippen LogP contribution in [-0.4, -0.2) is 11.0 Å². The van der Waals surface area contributed by atoms with Crippen molar-refractivity contribution in [2.24, 2.45) is 17.6 Å². The van der Waals surface area contributed by atoms with E-state index in [2.05, 4.69) is 36.4 Å². The molecule has 2 heteroatoms. The van der Waals surface area contributed by atoms with Crippen molar-refractivity contribution in [3.05, 3.63) is 0 Å². The number of halogens is 1. The zero-order valence-electron chi connectivity index (χ0n) is 7.65. The highest BCUT2D eigenvalue weighted by Gasteiger charge is 2.07. The topological polar surface area (TPSA) is 26.0 Å². The van der Waals surface area contributed by atoms with Crippen molar-refractivity contribution < 1.29 is 0 Å². The van der Waals surface area contributed by atoms with Gasteiger partial charge in [-0.1, -0.05) is 36.4 Å². The zero-order valence-corrected chi connectivity index (χ0v) is 9.80. The maximum atomic E-state index is 5.66. The first-order valence-electron chi connectivity index (χ1n) is 4.46. The van der Waals surface area contributed by atoms with E-state index in [-0.39, 0.29) is 0 Å². The van der Waals surface area contributed by atoms with Gasteiger partial charge in [0.05, 0.1) is 0 Å². The van der Waals surface area contributed by atoms with Crippen LogP contribution in [-0.2, 0) is 0 Å². The summed E-state index contributed by atoms with van der Waals surface area (Å²) in [4.78, 5) is 0. The summed E-state index contributed by atoms with van der Waals surface area (Å²) in [6, 6.07) is 0. The minimum Gasteiger partial charge on any atom is -0.330 e. The smallest absolute Gasteiger partial charge is 0.000462 e. The quantitative estimate of drug-likeness (QED) is 0.582. The first-order valence-corrected chi connectivity index (χ1v) is 5.99. The summed E-state index contributed by atoms with van der Waals surface area (Å²) >= 11 is 2.43. The highest BCUT2D eigenvalue weighted by Crippen LogP contribution is 2.16. The molecule has 0 saturated heterocycles. The van der Waals surface area contributed by atoms with Crippen molar-refractivity contribution in [1.82, 2.24) is 0 Å². The Hall–Kier alpha value is 0.690. The first kappa shape index (κ1) is 11.7. The SMILES string of the molecule is CC(C)C[C@H](CN)CCCI. The average molecular weight is 269 g/mol. The summed E-state index contributed by atoms with van der Waals surface area (Å²) in [7, 11) is 0. The lowest BCUT2D eigenvalue weighted by molar-refractivity contribution is 0.392. The van der Waals surface area contributed by atoms with Gasteiger partial charge < -0.3 is 5.73 Å². The molecule has 2 N–H and O–H groups in total. The van der Waals surface area contributed by atoms with Gasteiger partial charge in [-0.15, -0.1) is 0 Å². The van der Waals surface area contributed by atoms with Gasteiger partial charge in [0, 0.05) is 0 Å². The molecular formula is C9H20IN. The van der Waals surface area contributed by atoms with Crippen LogP contribution in [0.15, 0.2) is 0 Å². The van der Waals surface area contributed by atoms with Crippen LogP contribution in [0, 0.1) is 11.8 Å². The summed E-state index contributed by atoms with van der Waals surface area (Å²) in [5.74, 6) is 1.57. The predicted molar refractivity (Wildman–Crippen MR) is 60.1 cm³/mol. The van der Waals surface area contributed by atoms with Crippen LogP contribution in [0.5, 0.6) is 0 Å². The molecule has 0 aliphatic rings. The van der Waals surface area contributed by atoms with Gasteiger partial charge in [0.25, 0.3) is 0 Å². The Balaban J connectivity index is 3.41. The van der Waals surface area contributed by atoms with Gasteiger partial charge in [-0.05, 0) is 42.1 Å². The van der Waals surface area contributed by atoms with Crippen molar-refractivity contribution in [1.29, 1.82) is 0 Å². The van der Waals surface area contributed by atoms with Crippen LogP contribution in [0.2, 0.25) is 0 Å². The minimum atomic E-state index is 0.768. The van der Waals surface area contributed by atoms with E-state index in [9.17, 15) is 0 Å². The molecule has 11 heavy (non-hydrogen) atoms. The van der Waals surface area contributed by atoms with Gasteiger partial charge in [-0.3, -0.25) is 0 Å². The van der Waals surface area contributed by atoms with E-state index >= 15 is 0 Å². The van der Waals surface area contributed by atoms with Crippen molar-refractivity contribution in [2.45, 2.75) is 33.1 Å². The summed E-state index contributed by atoms with van der Waals surface area (Å²) in [6.45, 7) is 5.41. The molecule has 0 rings (SSSR count). The highest BCUT2D eigenvalue weighted by atomic mass is 127. The van der Waals surface area contributed by atoms with Crippen molar-refractivity contribution >= 4 is 22.6 Å². The number of nitrogens with two attached hydrogens (primary N) is 1. The Labute approximate surface area is 84.3 Å². The first-order chi connectivity index (χ1) is 5.20. The Morgan fingerprint density at radius 2 is 2.00 bits per heavy atom. The lowest BCUT2D eigenvalue weighted by atomic mass is 9.93. The second-order valence-corrected chi connectivity index (χ2v) is 4.64. The standard InChI is InChI=1S/C9H20IN/c1-8(2)6-9(7-11)4-3-5-10/h8-9H,3-7,11H2,1-2H3/t9-/m1/s1. The largest absolute Gasteiger partial charge is 0.330 e. The fourth-order valence-electron chi connectivity index (χ4n) is 1.36. The molecule has 0 aliphatic carbocycles. The summed E-state index contributed by atoms with van der Waals surface area (Å²) in [5, 5.41) is 0. The lowest BCUT2D eigenvalue weighted by Gasteiger charge is -2.15. The van der Waals surface area contributed by atoms with Gasteiger partial charge in [0.1, 0.15) is 0 Å². The van der Waals surface area contributed by atoms with E-state index in [1.165, 1.54) is 23.7 Å². The Morgan fingerprint density at radius 1 is 1.36 bits per heavy atom. The summed E-state index contributed by atoms with van der Waals surface area (Å²) < 4.78 is 1.27. The third kappa shape index (κ3) is 7.06. The van der Waals surface area contributed by atoms with E-state index in [1.54, 1.807) is 0 Å². The van der Waals surface area contributed by atoms with E-state index < -0.39 is 0 Å². The van der Waals surface area contributed by atoms with Gasteiger partial charge in [-0.25, -0.2) is 0 Å². The van der Waals surface area contributed by atoms with Crippen molar-refractivity contribution in [3.8, 4) is 0 Å². The van der Waals surface area contributed by atoms with Crippen molar-refractivity contribution in [3.63, 3.8) is 0 Å². The van der Waals surface area contributed by atoms with E-state index in [1.807, 2.05) is 0 Å². The third-order valence-electron chi connectivity index (χ3n) is 1.88. The maximum absolute atomic E-state index is 5.66. The molecule has 68 valence electrons. The molecule has 0 heterocycles. The van der Waals surface area contributed by atoms with Crippen LogP contribution < -0.4 is 5.73 Å². The fourth-order valence-corrected chi connectivity index (χ4v) is 1.80. The molecule has 0 aliphatic heterocycles. The normalized spacial score (nSPS) is 13.9. The van der Waals surface area contributed by atoms with Crippen LogP contribution in [0.25, 0.3) is 0 Å². The monoisotopic (exact) mass is 269 g/mol. The Kier molecular flexibility index (Phi) is 7.81. The molecule has 0 saturated carbocycles. The molecule has 0 bridgehead atoms. The Bertz CT molecular complexity index is 83.6. The Morgan fingerprint density at radius 3 is 2.36 bits per heavy atom. The molecule has 0 aromatic heterocycles.